The first kappa shape index (κ1) is 18.0. The van der Waals surface area contributed by atoms with E-state index in [4.69, 9.17) is 9.84 Å². The third kappa shape index (κ3) is 4.13. The lowest BCUT2D eigenvalue weighted by atomic mass is 10.1. The summed E-state index contributed by atoms with van der Waals surface area (Å²) in [5.41, 5.74) is 9.89. The number of nitrogens with zero attached hydrogens (tertiary/aromatic N) is 3. The number of aromatic nitrogens is 3. The Hall–Kier alpha value is -3.36. The van der Waals surface area contributed by atoms with Crippen LogP contribution < -0.4 is 15.6 Å². The summed E-state index contributed by atoms with van der Waals surface area (Å²) in [6, 6.07) is 11.9. The molecule has 0 radical (unpaired) electrons. The van der Waals surface area contributed by atoms with E-state index in [2.05, 4.69) is 25.8 Å². The first-order valence-corrected chi connectivity index (χ1v) is 8.91. The first-order chi connectivity index (χ1) is 13.7. The third-order valence-corrected chi connectivity index (χ3v) is 4.46. The molecule has 1 fully saturated rings. The average Bonchev–Trinajstić information content (AvgIpc) is 3.28. The molecule has 0 amide bonds. The van der Waals surface area contributed by atoms with Crippen molar-refractivity contribution in [1.29, 1.82) is 0 Å². The van der Waals surface area contributed by atoms with Crippen molar-refractivity contribution in [3.8, 4) is 16.9 Å². The second-order valence-corrected chi connectivity index (χ2v) is 6.42. The van der Waals surface area contributed by atoms with Crippen molar-refractivity contribution >= 4 is 5.97 Å². The molecule has 3 heterocycles. The number of carbonyl (C=O) groups is 1. The van der Waals surface area contributed by atoms with E-state index in [1.807, 2.05) is 36.4 Å². The number of carboxylic acids is 1. The Bertz CT molecular complexity index is 954. The van der Waals surface area contributed by atoms with E-state index in [0.29, 0.717) is 12.4 Å². The van der Waals surface area contributed by atoms with Gasteiger partial charge >= 0.3 is 5.97 Å². The molecule has 1 unspecified atom stereocenters. The maximum absolute atomic E-state index is 10.9. The Morgan fingerprint density at radius 2 is 1.96 bits per heavy atom. The predicted octanol–water partition coefficient (Wildman–Crippen LogP) is 2.35. The van der Waals surface area contributed by atoms with Crippen LogP contribution >= 0.6 is 0 Å². The van der Waals surface area contributed by atoms with Crippen molar-refractivity contribution in [3.05, 3.63) is 72.1 Å². The SMILES string of the molecule is O=C(O)c1ncc(-c2cccc(COc3ccc(C4CCNN4)nc3)c2)cn1. The Balaban J connectivity index is 1.41. The molecule has 142 valence electrons. The Morgan fingerprint density at radius 1 is 1.11 bits per heavy atom. The summed E-state index contributed by atoms with van der Waals surface area (Å²) in [5.74, 6) is -0.662. The summed E-state index contributed by atoms with van der Waals surface area (Å²) in [7, 11) is 0. The highest BCUT2D eigenvalue weighted by molar-refractivity contribution is 5.83. The van der Waals surface area contributed by atoms with Crippen molar-refractivity contribution in [2.75, 3.05) is 6.54 Å². The maximum Gasteiger partial charge on any atom is 0.373 e. The second kappa shape index (κ2) is 8.12. The largest absolute Gasteiger partial charge is 0.487 e. The van der Waals surface area contributed by atoms with E-state index in [9.17, 15) is 4.79 Å². The van der Waals surface area contributed by atoms with Gasteiger partial charge in [-0.15, -0.1) is 0 Å². The first-order valence-electron chi connectivity index (χ1n) is 8.91. The molecule has 8 nitrogen and oxygen atoms in total. The summed E-state index contributed by atoms with van der Waals surface area (Å²) in [5, 5.41) is 8.89. The van der Waals surface area contributed by atoms with E-state index in [-0.39, 0.29) is 11.9 Å². The van der Waals surface area contributed by atoms with Crippen molar-refractivity contribution in [3.63, 3.8) is 0 Å². The van der Waals surface area contributed by atoms with Crippen LogP contribution in [0.2, 0.25) is 0 Å². The molecule has 3 N–H and O–H groups in total. The molecule has 0 saturated carbocycles. The van der Waals surface area contributed by atoms with Gasteiger partial charge in [0.05, 0.1) is 17.9 Å². The van der Waals surface area contributed by atoms with Crippen LogP contribution in [0.3, 0.4) is 0 Å². The van der Waals surface area contributed by atoms with Crippen molar-refractivity contribution < 1.29 is 14.6 Å². The molecule has 0 bridgehead atoms. The molecular formula is C20H19N5O3. The predicted molar refractivity (Wildman–Crippen MR) is 101 cm³/mol. The van der Waals surface area contributed by atoms with Gasteiger partial charge in [0.25, 0.3) is 0 Å². The normalized spacial score (nSPS) is 16.1. The Kier molecular flexibility index (Phi) is 5.22. The molecule has 0 spiro atoms. The van der Waals surface area contributed by atoms with Gasteiger partial charge in [0.15, 0.2) is 0 Å². The van der Waals surface area contributed by atoms with Crippen molar-refractivity contribution in [2.45, 2.75) is 19.1 Å². The molecule has 1 saturated heterocycles. The number of hydrogen-bond acceptors (Lipinski definition) is 7. The summed E-state index contributed by atoms with van der Waals surface area (Å²) in [6.07, 6.45) is 5.75. The van der Waals surface area contributed by atoms with Gasteiger partial charge in [-0.25, -0.2) is 20.2 Å². The molecule has 3 aromatic rings. The second-order valence-electron chi connectivity index (χ2n) is 6.42. The molecule has 2 aromatic heterocycles. The van der Waals surface area contributed by atoms with E-state index >= 15 is 0 Å². The standard InChI is InChI=1S/C20H19N5O3/c26-20(27)19-22-9-15(10-23-19)14-3-1-2-13(8-14)12-28-16-4-5-17(21-11-16)18-6-7-24-25-18/h1-5,8-11,18,24-25H,6-7,12H2,(H,26,27). The molecular weight excluding hydrogens is 358 g/mol. The topological polar surface area (TPSA) is 109 Å². The zero-order valence-corrected chi connectivity index (χ0v) is 15.0. The zero-order valence-electron chi connectivity index (χ0n) is 15.0. The number of pyridine rings is 1. The van der Waals surface area contributed by atoms with Crippen LogP contribution in [0.1, 0.15) is 34.3 Å². The number of carboxylic acid groups (broad SMARTS) is 1. The highest BCUT2D eigenvalue weighted by atomic mass is 16.5. The number of hydrazine groups is 1. The summed E-state index contributed by atoms with van der Waals surface area (Å²) in [6.45, 7) is 1.33. The average molecular weight is 377 g/mol. The van der Waals surface area contributed by atoms with Gasteiger partial charge < -0.3 is 9.84 Å². The van der Waals surface area contributed by atoms with Crippen molar-refractivity contribution in [2.24, 2.45) is 0 Å². The summed E-state index contributed by atoms with van der Waals surface area (Å²) in [4.78, 5) is 23.1. The smallest absolute Gasteiger partial charge is 0.373 e. The number of nitrogens with one attached hydrogen (secondary N) is 2. The lowest BCUT2D eigenvalue weighted by molar-refractivity contribution is 0.0683. The van der Waals surface area contributed by atoms with Crippen LogP contribution in [0.5, 0.6) is 5.75 Å². The fourth-order valence-electron chi connectivity index (χ4n) is 2.98. The van der Waals surface area contributed by atoms with Crippen molar-refractivity contribution in [1.82, 2.24) is 25.8 Å². The molecule has 1 atom stereocenters. The van der Waals surface area contributed by atoms with E-state index < -0.39 is 5.97 Å². The highest BCUT2D eigenvalue weighted by Crippen LogP contribution is 2.22. The number of rotatable bonds is 6. The third-order valence-electron chi connectivity index (χ3n) is 4.46. The van der Waals surface area contributed by atoms with Crippen LogP contribution in [0.25, 0.3) is 11.1 Å². The van der Waals surface area contributed by atoms with Crippen LogP contribution in [-0.2, 0) is 6.61 Å². The Morgan fingerprint density at radius 3 is 2.64 bits per heavy atom. The van der Waals surface area contributed by atoms with Gasteiger partial charge in [-0.05, 0) is 35.7 Å². The lowest BCUT2D eigenvalue weighted by Crippen LogP contribution is -2.25. The number of benzene rings is 1. The minimum Gasteiger partial charge on any atom is -0.487 e. The molecule has 1 aliphatic heterocycles. The molecule has 28 heavy (non-hydrogen) atoms. The van der Waals surface area contributed by atoms with Gasteiger partial charge in [0.1, 0.15) is 12.4 Å². The summed E-state index contributed by atoms with van der Waals surface area (Å²) < 4.78 is 5.84. The summed E-state index contributed by atoms with van der Waals surface area (Å²) >= 11 is 0. The minimum atomic E-state index is -1.15. The zero-order chi connectivity index (χ0) is 19.3. The van der Waals surface area contributed by atoms with E-state index in [1.54, 1.807) is 6.20 Å². The molecule has 8 heteroatoms. The van der Waals surface area contributed by atoms with Gasteiger partial charge in [0, 0.05) is 24.5 Å². The Labute approximate surface area is 161 Å². The monoisotopic (exact) mass is 377 g/mol. The van der Waals surface area contributed by atoms with Gasteiger partial charge in [-0.2, -0.15) is 0 Å². The highest BCUT2D eigenvalue weighted by Gasteiger charge is 2.16. The molecule has 1 aliphatic rings. The maximum atomic E-state index is 10.9. The van der Waals surface area contributed by atoms with Crippen LogP contribution in [0.4, 0.5) is 0 Å². The fourth-order valence-corrected chi connectivity index (χ4v) is 2.98. The number of aromatic carboxylic acids is 1. The van der Waals surface area contributed by atoms with Gasteiger partial charge in [0.2, 0.25) is 5.82 Å². The van der Waals surface area contributed by atoms with Gasteiger partial charge in [-0.1, -0.05) is 18.2 Å². The van der Waals surface area contributed by atoms with E-state index in [0.717, 1.165) is 35.3 Å². The number of hydrogen-bond donors (Lipinski definition) is 3. The van der Waals surface area contributed by atoms with Crippen LogP contribution in [-0.4, -0.2) is 32.6 Å². The number of ether oxygens (including phenoxy) is 1. The molecule has 4 rings (SSSR count). The lowest BCUT2D eigenvalue weighted by Gasteiger charge is -2.11. The fraction of sp³-hybridized carbons (Fsp3) is 0.200. The van der Waals surface area contributed by atoms with Gasteiger partial charge in [-0.3, -0.25) is 10.4 Å². The molecule has 0 aliphatic carbocycles. The quantitative estimate of drug-likeness (QED) is 0.601. The molecule has 1 aromatic carbocycles. The van der Waals surface area contributed by atoms with Crippen LogP contribution in [0, 0.1) is 0 Å². The minimum absolute atomic E-state index is 0.220. The van der Waals surface area contributed by atoms with E-state index in [1.165, 1.54) is 12.4 Å². The van der Waals surface area contributed by atoms with Crippen LogP contribution in [0.15, 0.2) is 55.0 Å².